The molecule has 1 aliphatic heterocycles. The Morgan fingerprint density at radius 2 is 2.00 bits per heavy atom. The molecule has 2 aromatic rings. The van der Waals surface area contributed by atoms with E-state index in [0.717, 1.165) is 51.0 Å². The Kier molecular flexibility index (Phi) is 6.69. The first-order chi connectivity index (χ1) is 11.7. The van der Waals surface area contributed by atoms with Gasteiger partial charge in [-0.1, -0.05) is 17.7 Å². The number of hydrogen-bond donors (Lipinski definition) is 1. The largest absolute Gasteiger partial charge is 0.379 e. The number of nitrogens with one attached hydrogen (secondary N) is 1. The molecule has 1 aliphatic rings. The van der Waals surface area contributed by atoms with Gasteiger partial charge in [0.05, 0.1) is 13.2 Å². The van der Waals surface area contributed by atoms with Crippen molar-refractivity contribution in [2.45, 2.75) is 19.9 Å². The topological polar surface area (TPSA) is 24.5 Å². The minimum atomic E-state index is 0.805. The molecule has 0 bridgehead atoms. The normalized spacial score (nSPS) is 15.8. The van der Waals surface area contributed by atoms with Gasteiger partial charge in [-0.15, -0.1) is 11.3 Å². The van der Waals surface area contributed by atoms with Crippen LogP contribution in [0.5, 0.6) is 0 Å². The van der Waals surface area contributed by atoms with Crippen molar-refractivity contribution in [3.8, 4) is 11.1 Å². The predicted molar refractivity (Wildman–Crippen MR) is 103 cm³/mol. The number of benzene rings is 1. The summed E-state index contributed by atoms with van der Waals surface area (Å²) in [6, 6.07) is 8.49. The van der Waals surface area contributed by atoms with Crippen LogP contribution < -0.4 is 5.32 Å². The summed E-state index contributed by atoms with van der Waals surface area (Å²) in [5.74, 6) is 0. The van der Waals surface area contributed by atoms with E-state index in [1.807, 2.05) is 23.5 Å². The Hall–Kier alpha value is -0.910. The summed E-state index contributed by atoms with van der Waals surface area (Å²) in [4.78, 5) is 3.85. The molecule has 5 heteroatoms. The molecule has 0 amide bonds. The molecule has 0 aliphatic carbocycles. The Labute approximate surface area is 153 Å². The number of ether oxygens (including phenoxy) is 1. The minimum Gasteiger partial charge on any atom is -0.379 e. The summed E-state index contributed by atoms with van der Waals surface area (Å²) in [7, 11) is 0. The van der Waals surface area contributed by atoms with Gasteiger partial charge in [-0.2, -0.15) is 0 Å². The van der Waals surface area contributed by atoms with E-state index in [4.69, 9.17) is 16.3 Å². The molecule has 3 nitrogen and oxygen atoms in total. The van der Waals surface area contributed by atoms with Crippen molar-refractivity contribution in [1.29, 1.82) is 0 Å². The average Bonchev–Trinajstić information content (AvgIpc) is 3.04. The second-order valence-corrected chi connectivity index (χ2v) is 7.74. The van der Waals surface area contributed by atoms with Crippen LogP contribution in [-0.4, -0.2) is 44.3 Å². The zero-order valence-corrected chi connectivity index (χ0v) is 15.8. The van der Waals surface area contributed by atoms with Gasteiger partial charge in [0.1, 0.15) is 0 Å². The molecule has 0 saturated carbocycles. The Morgan fingerprint density at radius 3 is 2.79 bits per heavy atom. The average molecular weight is 365 g/mol. The molecular formula is C19H25ClN2OS. The number of rotatable bonds is 7. The first-order valence-corrected chi connectivity index (χ1v) is 9.82. The molecule has 24 heavy (non-hydrogen) atoms. The number of nitrogens with zero attached hydrogens (tertiary/aromatic N) is 1. The molecular weight excluding hydrogens is 340 g/mol. The van der Waals surface area contributed by atoms with Crippen molar-refractivity contribution >= 4 is 22.9 Å². The van der Waals surface area contributed by atoms with Crippen molar-refractivity contribution in [2.75, 3.05) is 39.4 Å². The second-order valence-electron chi connectivity index (χ2n) is 6.30. The van der Waals surface area contributed by atoms with Gasteiger partial charge in [0.25, 0.3) is 0 Å². The van der Waals surface area contributed by atoms with Gasteiger partial charge >= 0.3 is 0 Å². The van der Waals surface area contributed by atoms with Gasteiger partial charge in [-0.3, -0.25) is 4.90 Å². The van der Waals surface area contributed by atoms with E-state index in [-0.39, 0.29) is 0 Å². The molecule has 0 spiro atoms. The summed E-state index contributed by atoms with van der Waals surface area (Å²) in [6.07, 6.45) is 1.19. The highest BCUT2D eigenvalue weighted by molar-refractivity contribution is 7.10. The lowest BCUT2D eigenvalue weighted by Gasteiger charge is -2.26. The smallest absolute Gasteiger partial charge is 0.0594 e. The van der Waals surface area contributed by atoms with Gasteiger partial charge in [0, 0.05) is 29.5 Å². The zero-order chi connectivity index (χ0) is 16.8. The van der Waals surface area contributed by atoms with Crippen LogP contribution in [0.15, 0.2) is 29.6 Å². The van der Waals surface area contributed by atoms with Crippen molar-refractivity contribution in [3.63, 3.8) is 0 Å². The molecule has 2 heterocycles. The van der Waals surface area contributed by atoms with Crippen LogP contribution in [0, 0.1) is 6.92 Å². The number of morpholine rings is 1. The molecule has 1 saturated heterocycles. The molecule has 1 fully saturated rings. The van der Waals surface area contributed by atoms with E-state index >= 15 is 0 Å². The second kappa shape index (κ2) is 8.97. The fourth-order valence-corrected chi connectivity index (χ4v) is 4.14. The summed E-state index contributed by atoms with van der Waals surface area (Å²) < 4.78 is 5.37. The van der Waals surface area contributed by atoms with Crippen LogP contribution in [-0.2, 0) is 11.3 Å². The van der Waals surface area contributed by atoms with Gasteiger partial charge in [0.2, 0.25) is 0 Å². The fourth-order valence-electron chi connectivity index (χ4n) is 2.99. The SMILES string of the molecule is Cc1cc(Cl)cc(-c2csc(CNCCCN3CCOCC3)c2)c1. The van der Waals surface area contributed by atoms with Gasteiger partial charge in [0.15, 0.2) is 0 Å². The predicted octanol–water partition coefficient (Wildman–Crippen LogP) is 4.19. The third kappa shape index (κ3) is 5.30. The standard InChI is InChI=1S/C19H25ClN2OS/c1-15-9-16(11-18(20)10-15)17-12-19(24-14-17)13-21-3-2-4-22-5-7-23-8-6-22/h9-12,14,21H,2-8,13H2,1H3. The van der Waals surface area contributed by atoms with Crippen LogP contribution in [0.25, 0.3) is 11.1 Å². The van der Waals surface area contributed by atoms with E-state index in [1.54, 1.807) is 0 Å². The van der Waals surface area contributed by atoms with Crippen molar-refractivity contribution in [3.05, 3.63) is 45.1 Å². The number of halogens is 1. The molecule has 1 aromatic carbocycles. The monoisotopic (exact) mass is 364 g/mol. The van der Waals surface area contributed by atoms with E-state index in [1.165, 1.54) is 28.0 Å². The molecule has 3 rings (SSSR count). The Bertz CT molecular complexity index is 632. The molecule has 1 aromatic heterocycles. The van der Waals surface area contributed by atoms with Crippen LogP contribution in [0.4, 0.5) is 0 Å². The van der Waals surface area contributed by atoms with Crippen molar-refractivity contribution < 1.29 is 4.74 Å². The highest BCUT2D eigenvalue weighted by atomic mass is 35.5. The summed E-state index contributed by atoms with van der Waals surface area (Å²) in [6.45, 7) is 9.16. The van der Waals surface area contributed by atoms with E-state index < -0.39 is 0 Å². The zero-order valence-electron chi connectivity index (χ0n) is 14.2. The molecule has 0 radical (unpaired) electrons. The third-order valence-electron chi connectivity index (χ3n) is 4.26. The molecule has 0 atom stereocenters. The minimum absolute atomic E-state index is 0.805. The maximum Gasteiger partial charge on any atom is 0.0594 e. The first kappa shape index (κ1) is 17.9. The van der Waals surface area contributed by atoms with Crippen LogP contribution in [0.3, 0.4) is 0 Å². The molecule has 130 valence electrons. The van der Waals surface area contributed by atoms with Crippen LogP contribution in [0.1, 0.15) is 16.9 Å². The highest BCUT2D eigenvalue weighted by Crippen LogP contribution is 2.28. The van der Waals surface area contributed by atoms with E-state index in [0.29, 0.717) is 0 Å². The summed E-state index contributed by atoms with van der Waals surface area (Å²) >= 11 is 7.98. The van der Waals surface area contributed by atoms with Gasteiger partial charge in [-0.05, 0) is 66.7 Å². The maximum atomic E-state index is 6.17. The third-order valence-corrected chi connectivity index (χ3v) is 5.41. The van der Waals surface area contributed by atoms with Crippen LogP contribution >= 0.6 is 22.9 Å². The van der Waals surface area contributed by atoms with Crippen molar-refractivity contribution in [2.24, 2.45) is 0 Å². The summed E-state index contributed by atoms with van der Waals surface area (Å²) in [5, 5.41) is 6.58. The van der Waals surface area contributed by atoms with Crippen LogP contribution in [0.2, 0.25) is 5.02 Å². The quantitative estimate of drug-likeness (QED) is 0.745. The molecule has 1 N–H and O–H groups in total. The lowest BCUT2D eigenvalue weighted by Crippen LogP contribution is -2.37. The molecule has 0 unspecified atom stereocenters. The van der Waals surface area contributed by atoms with E-state index in [2.05, 4.69) is 34.7 Å². The number of thiophene rings is 1. The van der Waals surface area contributed by atoms with Gasteiger partial charge in [-0.25, -0.2) is 0 Å². The summed E-state index contributed by atoms with van der Waals surface area (Å²) in [5.41, 5.74) is 3.66. The lowest BCUT2D eigenvalue weighted by atomic mass is 10.1. The Morgan fingerprint density at radius 1 is 1.17 bits per heavy atom. The maximum absolute atomic E-state index is 6.17. The van der Waals surface area contributed by atoms with E-state index in [9.17, 15) is 0 Å². The number of hydrogen-bond acceptors (Lipinski definition) is 4. The Balaban J connectivity index is 1.42. The van der Waals surface area contributed by atoms with Crippen molar-refractivity contribution in [1.82, 2.24) is 10.2 Å². The first-order valence-electron chi connectivity index (χ1n) is 8.56. The number of aryl methyl sites for hydroxylation is 1. The van der Waals surface area contributed by atoms with Gasteiger partial charge < -0.3 is 10.1 Å². The fraction of sp³-hybridized carbons (Fsp3) is 0.474. The highest BCUT2D eigenvalue weighted by Gasteiger charge is 2.09. The lowest BCUT2D eigenvalue weighted by molar-refractivity contribution is 0.0374.